The van der Waals surface area contributed by atoms with Crippen LogP contribution in [0.1, 0.15) is 73.3 Å². The third-order valence-electron chi connectivity index (χ3n) is 6.02. The average Bonchev–Trinajstić information content (AvgIpc) is 3.26. The second kappa shape index (κ2) is 12.7. The monoisotopic (exact) mass is 558 g/mol. The first-order chi connectivity index (χ1) is 17.5. The van der Waals surface area contributed by atoms with Crippen molar-refractivity contribution in [3.8, 4) is 0 Å². The topological polar surface area (TPSA) is 136 Å². The lowest BCUT2D eigenvalue weighted by molar-refractivity contribution is -0.141. The molecule has 2 amide bonds. The van der Waals surface area contributed by atoms with Crippen LogP contribution in [-0.2, 0) is 29.9 Å². The number of hydrogen-bond donors (Lipinski definition) is 1. The van der Waals surface area contributed by atoms with Gasteiger partial charge in [0.2, 0.25) is 7.37 Å². The van der Waals surface area contributed by atoms with Crippen molar-refractivity contribution in [3.63, 3.8) is 0 Å². The van der Waals surface area contributed by atoms with Crippen molar-refractivity contribution in [1.82, 2.24) is 9.80 Å². The Morgan fingerprint density at radius 3 is 2.18 bits per heavy atom. The Morgan fingerprint density at radius 1 is 1.11 bits per heavy atom. The van der Waals surface area contributed by atoms with Crippen LogP contribution < -0.4 is 0 Å². The quantitative estimate of drug-likeness (QED) is 0.286. The van der Waals surface area contributed by atoms with E-state index < -0.39 is 41.9 Å². The number of unbranched alkanes of at least 4 members (excludes halogenated alkanes) is 1. The molecule has 0 aliphatic carbocycles. The molecule has 0 spiro atoms. The number of ether oxygens (including phenoxy) is 2. The SMILES string of the molecule is CCOP1(=O)CCN(Cc2ccoc2)CC1(CCCCN(C(=O)OC(C)(C)C)C(=O)OC(C)(C)C)C(=O)O. The Morgan fingerprint density at radius 2 is 1.71 bits per heavy atom. The zero-order chi connectivity index (χ0) is 28.8. The summed E-state index contributed by atoms with van der Waals surface area (Å²) in [5.41, 5.74) is -0.757. The van der Waals surface area contributed by atoms with E-state index in [9.17, 15) is 24.1 Å². The van der Waals surface area contributed by atoms with E-state index in [0.717, 1.165) is 10.5 Å². The predicted octanol–water partition coefficient (Wildman–Crippen LogP) is 5.58. The van der Waals surface area contributed by atoms with Gasteiger partial charge >= 0.3 is 18.2 Å². The van der Waals surface area contributed by atoms with Crippen molar-refractivity contribution < 1.29 is 42.5 Å². The van der Waals surface area contributed by atoms with E-state index in [1.165, 1.54) is 0 Å². The van der Waals surface area contributed by atoms with Crippen molar-refractivity contribution in [3.05, 3.63) is 24.2 Å². The fourth-order valence-electron chi connectivity index (χ4n) is 4.36. The van der Waals surface area contributed by atoms with Crippen LogP contribution in [0.5, 0.6) is 0 Å². The molecule has 2 rings (SSSR count). The molecule has 1 N–H and O–H groups in total. The molecule has 1 fully saturated rings. The standard InChI is InChI=1S/C26H43N2O9P/c1-8-35-38(33)16-14-27(17-20-11-15-34-18-20)19-26(38,21(29)30)12-9-10-13-28(22(31)36-24(2,3)4)23(32)37-25(5,6)7/h11,15,18H,8-10,12-14,16-17,19H2,1-7H3,(H,29,30). The number of carbonyl (C=O) groups excluding carboxylic acids is 2. The van der Waals surface area contributed by atoms with E-state index >= 15 is 0 Å². The van der Waals surface area contributed by atoms with Gasteiger partial charge in [-0.25, -0.2) is 14.5 Å². The molecule has 0 radical (unpaired) electrons. The lowest BCUT2D eigenvalue weighted by Gasteiger charge is -2.44. The summed E-state index contributed by atoms with van der Waals surface area (Å²) in [6.07, 6.45) is 2.18. The number of carboxylic acids is 1. The van der Waals surface area contributed by atoms with E-state index in [2.05, 4.69) is 0 Å². The molecule has 0 aromatic carbocycles. The normalized spacial score (nSPS) is 22.6. The van der Waals surface area contributed by atoms with Crippen LogP contribution in [0.3, 0.4) is 0 Å². The van der Waals surface area contributed by atoms with E-state index in [-0.39, 0.29) is 45.1 Å². The number of carbonyl (C=O) groups is 3. The Bertz CT molecular complexity index is 969. The van der Waals surface area contributed by atoms with E-state index in [1.807, 2.05) is 4.90 Å². The van der Waals surface area contributed by atoms with Crippen molar-refractivity contribution in [1.29, 1.82) is 0 Å². The van der Waals surface area contributed by atoms with Gasteiger partial charge in [-0.05, 0) is 73.8 Å². The first kappa shape index (κ1) is 31.9. The number of carboxylic acid groups (broad SMARTS) is 1. The molecule has 216 valence electrons. The zero-order valence-corrected chi connectivity index (χ0v) is 24.5. The highest BCUT2D eigenvalue weighted by Crippen LogP contribution is 2.63. The van der Waals surface area contributed by atoms with Gasteiger partial charge in [-0.2, -0.15) is 0 Å². The minimum absolute atomic E-state index is 0.0444. The maximum absolute atomic E-state index is 13.9. The van der Waals surface area contributed by atoms with E-state index in [0.29, 0.717) is 13.1 Å². The lowest BCUT2D eigenvalue weighted by Crippen LogP contribution is -2.54. The summed E-state index contributed by atoms with van der Waals surface area (Å²) in [4.78, 5) is 41.1. The van der Waals surface area contributed by atoms with Crippen LogP contribution in [0.4, 0.5) is 9.59 Å². The molecule has 1 aromatic heterocycles. The van der Waals surface area contributed by atoms with Gasteiger partial charge in [0.05, 0.1) is 19.1 Å². The first-order valence-electron chi connectivity index (χ1n) is 13.0. The molecule has 2 heterocycles. The van der Waals surface area contributed by atoms with Crippen LogP contribution in [0.25, 0.3) is 0 Å². The number of aliphatic carboxylic acids is 1. The van der Waals surface area contributed by atoms with Crippen LogP contribution in [0, 0.1) is 0 Å². The minimum atomic E-state index is -3.56. The molecule has 1 aromatic rings. The molecule has 38 heavy (non-hydrogen) atoms. The Balaban J connectivity index is 2.19. The van der Waals surface area contributed by atoms with Gasteiger partial charge in [-0.1, -0.05) is 0 Å². The summed E-state index contributed by atoms with van der Waals surface area (Å²) < 4.78 is 35.5. The zero-order valence-electron chi connectivity index (χ0n) is 23.7. The first-order valence-corrected chi connectivity index (χ1v) is 14.8. The summed E-state index contributed by atoms with van der Waals surface area (Å²) in [6, 6.07) is 1.81. The molecule has 0 bridgehead atoms. The Labute approximate surface area is 225 Å². The molecule has 11 nitrogen and oxygen atoms in total. The highest BCUT2D eigenvalue weighted by molar-refractivity contribution is 7.62. The summed E-state index contributed by atoms with van der Waals surface area (Å²) in [5.74, 6) is -1.18. The minimum Gasteiger partial charge on any atom is -0.480 e. The van der Waals surface area contributed by atoms with Gasteiger partial charge in [0.25, 0.3) is 0 Å². The summed E-state index contributed by atoms with van der Waals surface area (Å²) >= 11 is 0. The van der Waals surface area contributed by atoms with Crippen molar-refractivity contribution in [2.45, 2.75) is 90.6 Å². The highest BCUT2D eigenvalue weighted by Gasteiger charge is 2.58. The van der Waals surface area contributed by atoms with Gasteiger partial charge in [0, 0.05) is 37.9 Å². The van der Waals surface area contributed by atoms with E-state index in [1.54, 1.807) is 67.1 Å². The lowest BCUT2D eigenvalue weighted by atomic mass is 9.99. The fourth-order valence-corrected chi connectivity index (χ4v) is 7.34. The molecule has 1 aliphatic heterocycles. The third-order valence-corrected chi connectivity index (χ3v) is 9.34. The van der Waals surface area contributed by atoms with Gasteiger partial charge in [0.15, 0.2) is 5.16 Å². The maximum Gasteiger partial charge on any atom is 0.419 e. The molecule has 2 unspecified atom stereocenters. The maximum atomic E-state index is 13.9. The second-order valence-electron chi connectivity index (χ2n) is 11.6. The molecule has 2 atom stereocenters. The van der Waals surface area contributed by atoms with Gasteiger partial charge in [-0.3, -0.25) is 14.3 Å². The molecule has 1 aliphatic rings. The van der Waals surface area contributed by atoms with Crippen LogP contribution in [-0.4, -0.2) is 81.8 Å². The third kappa shape index (κ3) is 8.58. The molecule has 0 saturated carbocycles. The molecular weight excluding hydrogens is 515 g/mol. The van der Waals surface area contributed by atoms with Crippen LogP contribution >= 0.6 is 7.37 Å². The highest BCUT2D eigenvalue weighted by atomic mass is 31.2. The fraction of sp³-hybridized carbons (Fsp3) is 0.731. The van der Waals surface area contributed by atoms with Crippen molar-refractivity contribution in [2.24, 2.45) is 0 Å². The molecule has 12 heteroatoms. The second-order valence-corrected chi connectivity index (χ2v) is 14.5. The largest absolute Gasteiger partial charge is 0.480 e. The van der Waals surface area contributed by atoms with Crippen molar-refractivity contribution >= 4 is 25.5 Å². The number of amides is 2. The Kier molecular flexibility index (Phi) is 10.6. The number of imide groups is 1. The number of furan rings is 1. The van der Waals surface area contributed by atoms with Crippen LogP contribution in [0.15, 0.2) is 23.0 Å². The predicted molar refractivity (Wildman–Crippen MR) is 141 cm³/mol. The van der Waals surface area contributed by atoms with Crippen molar-refractivity contribution in [2.75, 3.05) is 32.4 Å². The smallest absolute Gasteiger partial charge is 0.419 e. The van der Waals surface area contributed by atoms with E-state index in [4.69, 9.17) is 18.4 Å². The molecule has 1 saturated heterocycles. The average molecular weight is 559 g/mol. The Hall–Kier alpha value is -2.36. The van der Waals surface area contributed by atoms with Crippen LogP contribution in [0.2, 0.25) is 0 Å². The van der Waals surface area contributed by atoms with Gasteiger partial charge in [0.1, 0.15) is 11.2 Å². The number of rotatable bonds is 10. The number of hydrogen-bond acceptors (Lipinski definition) is 9. The summed E-state index contributed by atoms with van der Waals surface area (Å²) in [5, 5.41) is 8.76. The van der Waals surface area contributed by atoms with Gasteiger partial charge < -0.3 is 23.5 Å². The van der Waals surface area contributed by atoms with Gasteiger partial charge in [-0.15, -0.1) is 0 Å². The molecular formula is C26H43N2O9P. The summed E-state index contributed by atoms with van der Waals surface area (Å²) in [6.45, 7) is 12.9. The number of nitrogens with zero attached hydrogens (tertiary/aromatic N) is 2. The summed E-state index contributed by atoms with van der Waals surface area (Å²) in [7, 11) is -3.56.